The molecule has 62 heavy (non-hydrogen) atoms. The zero-order valence-corrected chi connectivity index (χ0v) is 33.1. The van der Waals surface area contributed by atoms with Crippen LogP contribution in [-0.2, 0) is 35.1 Å². The van der Waals surface area contributed by atoms with Crippen molar-refractivity contribution in [3.63, 3.8) is 0 Å². The second-order valence-corrected chi connectivity index (χ2v) is 14.1. The van der Waals surface area contributed by atoms with Gasteiger partial charge in [0, 0.05) is 42.8 Å². The number of nitro benzene ring substituents is 1. The fourth-order valence-electron chi connectivity index (χ4n) is 6.79. The van der Waals surface area contributed by atoms with E-state index in [1.54, 1.807) is 48.7 Å². The summed E-state index contributed by atoms with van der Waals surface area (Å²) in [4.78, 5) is 91.1. The molecule has 1 saturated heterocycles. The molecule has 0 bridgehead atoms. The Morgan fingerprint density at radius 2 is 1.48 bits per heavy atom. The van der Waals surface area contributed by atoms with Crippen LogP contribution in [-0.4, -0.2) is 102 Å². The van der Waals surface area contributed by atoms with Gasteiger partial charge in [-0.05, 0) is 83.8 Å². The lowest BCUT2D eigenvalue weighted by Gasteiger charge is -2.27. The Kier molecular flexibility index (Phi) is 13.6. The van der Waals surface area contributed by atoms with Gasteiger partial charge in [-0.1, -0.05) is 18.2 Å². The van der Waals surface area contributed by atoms with Gasteiger partial charge in [0.25, 0.3) is 23.4 Å². The summed E-state index contributed by atoms with van der Waals surface area (Å²) in [7, 11) is 0. The molecule has 6 amide bonds. The van der Waals surface area contributed by atoms with Gasteiger partial charge in [0.05, 0.1) is 61.0 Å². The minimum atomic E-state index is -1.06. The summed E-state index contributed by atoms with van der Waals surface area (Å²) in [6, 6.07) is 24.0. The van der Waals surface area contributed by atoms with Crippen LogP contribution >= 0.6 is 0 Å². The molecular weight excluding hydrogens is 805 g/mol. The largest absolute Gasteiger partial charge is 0.463 e. The predicted molar refractivity (Wildman–Crippen MR) is 219 cm³/mol. The molecule has 0 spiro atoms. The van der Waals surface area contributed by atoms with E-state index in [-0.39, 0.29) is 88.3 Å². The zero-order chi connectivity index (χ0) is 43.6. The summed E-state index contributed by atoms with van der Waals surface area (Å²) in [6.07, 6.45) is 1.64. The number of carbonyl (C=O) groups excluding carboxylic acids is 6. The molecule has 0 saturated carbocycles. The number of furan rings is 1. The average molecular weight is 845 g/mol. The van der Waals surface area contributed by atoms with Crippen LogP contribution in [0.25, 0.3) is 33.8 Å². The lowest BCUT2D eigenvalue weighted by molar-refractivity contribution is -0.384. The van der Waals surface area contributed by atoms with Crippen molar-refractivity contribution in [3.05, 3.63) is 130 Å². The van der Waals surface area contributed by atoms with Crippen molar-refractivity contribution in [3.8, 4) is 33.8 Å². The summed E-state index contributed by atoms with van der Waals surface area (Å²) < 4.78 is 22.0. The highest BCUT2D eigenvalue weighted by Crippen LogP contribution is 2.32. The number of nitro groups is 1. The maximum absolute atomic E-state index is 13.0. The number of aromatic nitrogens is 1. The normalized spacial score (nSPS) is 14.7. The van der Waals surface area contributed by atoms with Crippen molar-refractivity contribution < 1.29 is 52.3 Å². The smallest absolute Gasteiger partial charge is 0.269 e. The van der Waals surface area contributed by atoms with Gasteiger partial charge in [0.15, 0.2) is 5.76 Å². The Balaban J connectivity index is 0.764. The van der Waals surface area contributed by atoms with Gasteiger partial charge in [0.1, 0.15) is 18.3 Å². The van der Waals surface area contributed by atoms with Crippen LogP contribution in [0, 0.1) is 10.1 Å². The molecule has 318 valence electrons. The van der Waals surface area contributed by atoms with Crippen LogP contribution in [0.15, 0.2) is 102 Å². The third kappa shape index (κ3) is 10.3. The third-order valence-electron chi connectivity index (χ3n) is 9.96. The van der Waals surface area contributed by atoms with Crippen LogP contribution in [0.3, 0.4) is 0 Å². The monoisotopic (exact) mass is 844 g/mol. The van der Waals surface area contributed by atoms with E-state index in [4.69, 9.17) is 23.6 Å². The number of hydrogen-bond acceptors (Lipinski definition) is 13. The first-order valence-corrected chi connectivity index (χ1v) is 19.6. The number of pyridine rings is 1. The second kappa shape index (κ2) is 19.8. The average Bonchev–Trinajstić information content (AvgIpc) is 3.91. The number of rotatable bonds is 19. The number of nitrogens with one attached hydrogen (secondary N) is 3. The number of hydrogen-bond donors (Lipinski definition) is 3. The number of nitrogens with zero attached hydrogens (tertiary/aromatic N) is 3. The number of ether oxygens (including phenoxy) is 3. The molecule has 3 N–H and O–H groups in total. The molecule has 3 aromatic carbocycles. The highest BCUT2D eigenvalue weighted by Gasteiger charge is 2.44. The molecule has 0 radical (unpaired) electrons. The molecule has 4 heterocycles. The molecule has 2 aliphatic heterocycles. The Morgan fingerprint density at radius 3 is 2.19 bits per heavy atom. The van der Waals surface area contributed by atoms with E-state index in [2.05, 4.69) is 16.0 Å². The molecule has 1 atom stereocenters. The van der Waals surface area contributed by atoms with Crippen molar-refractivity contribution in [1.82, 2.24) is 25.8 Å². The standard InChI is InChI=1S/C44H40N6O12/c51-39-14-13-37(42(54)48-39)49-43(55)33-12-3-27(22-34(33)44(49)56)25-46-40(52)26-61-21-20-60-19-18-59-17-15-45-41(53)30-6-4-28(5-7-30)31-23-35(29-8-10-32(11-9-29)50(57)58)47-36(24-31)38-2-1-16-62-38/h1-12,16,22-24,37H,13-15,17-21,25-26H2,(H,45,53)(H,46,52)(H,48,51,54). The first-order chi connectivity index (χ1) is 30.0. The Bertz CT molecular complexity index is 2490. The summed E-state index contributed by atoms with van der Waals surface area (Å²) in [5.41, 5.74) is 4.80. The third-order valence-corrected chi connectivity index (χ3v) is 9.96. The van der Waals surface area contributed by atoms with Crippen molar-refractivity contribution >= 4 is 41.1 Å². The molecule has 5 aromatic rings. The minimum absolute atomic E-state index is 0.0219. The Morgan fingerprint density at radius 1 is 0.790 bits per heavy atom. The summed E-state index contributed by atoms with van der Waals surface area (Å²) in [5, 5.41) is 18.8. The number of amides is 6. The van der Waals surface area contributed by atoms with Crippen LogP contribution in [0.2, 0.25) is 0 Å². The highest BCUT2D eigenvalue weighted by atomic mass is 16.6. The van der Waals surface area contributed by atoms with Gasteiger partial charge >= 0.3 is 0 Å². The molecule has 1 unspecified atom stereocenters. The number of carbonyl (C=O) groups is 6. The molecule has 18 heteroatoms. The van der Waals surface area contributed by atoms with E-state index < -0.39 is 40.5 Å². The van der Waals surface area contributed by atoms with E-state index in [0.29, 0.717) is 33.8 Å². The van der Waals surface area contributed by atoms with Gasteiger partial charge < -0.3 is 29.3 Å². The van der Waals surface area contributed by atoms with Gasteiger partial charge in [-0.3, -0.25) is 49.1 Å². The van der Waals surface area contributed by atoms with Crippen LogP contribution in [0.1, 0.15) is 49.5 Å². The van der Waals surface area contributed by atoms with E-state index in [1.807, 2.05) is 24.3 Å². The van der Waals surface area contributed by atoms with Crippen LogP contribution < -0.4 is 16.0 Å². The molecule has 18 nitrogen and oxygen atoms in total. The van der Waals surface area contributed by atoms with E-state index in [0.717, 1.165) is 16.0 Å². The Hall–Kier alpha value is -7.41. The number of non-ortho nitro benzene ring substituents is 1. The first-order valence-electron chi connectivity index (χ1n) is 19.6. The molecule has 1 fully saturated rings. The molecular formula is C44H40N6O12. The minimum Gasteiger partial charge on any atom is -0.463 e. The maximum Gasteiger partial charge on any atom is 0.269 e. The number of benzene rings is 3. The van der Waals surface area contributed by atoms with Gasteiger partial charge in [0.2, 0.25) is 17.7 Å². The molecule has 2 aliphatic rings. The van der Waals surface area contributed by atoms with Crippen molar-refractivity contribution in [2.45, 2.75) is 25.4 Å². The fraction of sp³-hybridized carbons (Fsp3) is 0.250. The van der Waals surface area contributed by atoms with Gasteiger partial charge in [-0.25, -0.2) is 4.98 Å². The molecule has 7 rings (SSSR count). The van der Waals surface area contributed by atoms with E-state index in [1.165, 1.54) is 24.3 Å². The topological polar surface area (TPSA) is 239 Å². The fourth-order valence-corrected chi connectivity index (χ4v) is 6.79. The molecule has 2 aromatic heterocycles. The summed E-state index contributed by atoms with van der Waals surface area (Å²) in [6.45, 7) is 1.30. The SMILES string of the molecule is O=C(COCCOCCOCCNC(=O)c1ccc(-c2cc(-c3ccc([N+](=O)[O-])cc3)nc(-c3ccco3)c2)cc1)NCc1ccc2c(c1)C(=O)N(C1CCC(=O)NC1=O)C2=O. The number of imide groups is 2. The predicted octanol–water partition coefficient (Wildman–Crippen LogP) is 4.08. The zero-order valence-electron chi connectivity index (χ0n) is 33.1. The maximum atomic E-state index is 13.0. The van der Waals surface area contributed by atoms with Crippen LogP contribution in [0.5, 0.6) is 0 Å². The summed E-state index contributed by atoms with van der Waals surface area (Å²) >= 11 is 0. The highest BCUT2D eigenvalue weighted by molar-refractivity contribution is 6.23. The summed E-state index contributed by atoms with van der Waals surface area (Å²) in [5.74, 6) is -2.48. The van der Waals surface area contributed by atoms with E-state index in [9.17, 15) is 38.9 Å². The second-order valence-electron chi connectivity index (χ2n) is 14.1. The van der Waals surface area contributed by atoms with Crippen LogP contribution in [0.4, 0.5) is 5.69 Å². The lowest BCUT2D eigenvalue weighted by atomic mass is 10.00. The number of fused-ring (bicyclic) bond motifs is 1. The lowest BCUT2D eigenvalue weighted by Crippen LogP contribution is -2.54. The van der Waals surface area contributed by atoms with Crippen molar-refractivity contribution in [1.29, 1.82) is 0 Å². The van der Waals surface area contributed by atoms with E-state index >= 15 is 0 Å². The Labute approximate surface area is 353 Å². The quantitative estimate of drug-likeness (QED) is 0.0460. The molecule has 0 aliphatic carbocycles. The van der Waals surface area contributed by atoms with Gasteiger partial charge in [-0.2, -0.15) is 0 Å². The first kappa shape index (κ1) is 42.7. The van der Waals surface area contributed by atoms with Crippen molar-refractivity contribution in [2.75, 3.05) is 46.2 Å². The van der Waals surface area contributed by atoms with Gasteiger partial charge in [-0.15, -0.1) is 0 Å². The number of piperidine rings is 1. The van der Waals surface area contributed by atoms with Crippen molar-refractivity contribution in [2.24, 2.45) is 0 Å².